The molecular weight excluding hydrogens is 427 g/mol. The Labute approximate surface area is 183 Å². The van der Waals surface area contributed by atoms with Gasteiger partial charge in [0, 0.05) is 29.7 Å². The van der Waals surface area contributed by atoms with E-state index < -0.39 is 0 Å². The molecule has 30 heavy (non-hydrogen) atoms. The van der Waals surface area contributed by atoms with Crippen LogP contribution >= 0.6 is 23.2 Å². The quantitative estimate of drug-likeness (QED) is 0.612. The predicted octanol–water partition coefficient (Wildman–Crippen LogP) is 4.26. The number of H-pyrrole nitrogens is 1. The summed E-state index contributed by atoms with van der Waals surface area (Å²) in [5.74, 6) is 0.486. The number of nitrogens with zero attached hydrogens (tertiary/aromatic N) is 2. The van der Waals surface area contributed by atoms with Gasteiger partial charge in [-0.2, -0.15) is 5.10 Å². The molecule has 0 unspecified atom stereocenters. The van der Waals surface area contributed by atoms with Crippen LogP contribution in [0.2, 0.25) is 10.0 Å². The number of furan rings is 1. The van der Waals surface area contributed by atoms with E-state index in [2.05, 4.69) is 15.5 Å². The van der Waals surface area contributed by atoms with Gasteiger partial charge in [-0.1, -0.05) is 23.2 Å². The second-order valence-electron chi connectivity index (χ2n) is 7.16. The first kappa shape index (κ1) is 20.5. The Bertz CT molecular complexity index is 1040. The fraction of sp³-hybridized carbons (Fsp3) is 0.286. The van der Waals surface area contributed by atoms with E-state index >= 15 is 0 Å². The molecule has 3 heterocycles. The Balaban J connectivity index is 1.33. The largest absolute Gasteiger partial charge is 0.467 e. The molecule has 0 radical (unpaired) electrons. The summed E-state index contributed by atoms with van der Waals surface area (Å²) in [6.45, 7) is 1.48. The molecule has 3 aromatic rings. The predicted molar refractivity (Wildman–Crippen MR) is 113 cm³/mol. The lowest BCUT2D eigenvalue weighted by Gasteiger charge is -2.31. The number of likely N-dealkylation sites (tertiary alicyclic amines) is 1. The zero-order chi connectivity index (χ0) is 21.1. The van der Waals surface area contributed by atoms with E-state index in [4.69, 9.17) is 27.6 Å². The minimum atomic E-state index is -0.267. The molecule has 0 atom stereocenters. The molecular formula is C21H20Cl2N4O3. The first-order valence-electron chi connectivity index (χ1n) is 9.61. The van der Waals surface area contributed by atoms with E-state index in [1.54, 1.807) is 47.6 Å². The van der Waals surface area contributed by atoms with Crippen molar-refractivity contribution < 1.29 is 14.0 Å². The van der Waals surface area contributed by atoms with E-state index in [9.17, 15) is 9.59 Å². The Hall–Kier alpha value is -2.77. The van der Waals surface area contributed by atoms with Crippen LogP contribution in [0.25, 0.3) is 0 Å². The van der Waals surface area contributed by atoms with Crippen LogP contribution < -0.4 is 5.32 Å². The van der Waals surface area contributed by atoms with Crippen molar-refractivity contribution in [2.45, 2.75) is 25.3 Å². The van der Waals surface area contributed by atoms with Gasteiger partial charge in [0.2, 0.25) is 0 Å². The first-order valence-corrected chi connectivity index (χ1v) is 10.4. The molecule has 0 spiro atoms. The van der Waals surface area contributed by atoms with Gasteiger partial charge in [-0.15, -0.1) is 0 Å². The maximum atomic E-state index is 12.8. The Morgan fingerprint density at radius 1 is 1.20 bits per heavy atom. The maximum absolute atomic E-state index is 12.8. The van der Waals surface area contributed by atoms with Crippen molar-refractivity contribution in [2.75, 3.05) is 13.1 Å². The third-order valence-corrected chi connectivity index (χ3v) is 5.78. The second-order valence-corrected chi connectivity index (χ2v) is 8.00. The highest BCUT2D eigenvalue weighted by Gasteiger charge is 2.27. The van der Waals surface area contributed by atoms with Crippen LogP contribution in [0.15, 0.2) is 47.1 Å². The normalized spacial score (nSPS) is 14.7. The average Bonchev–Trinajstić information content (AvgIpc) is 3.46. The minimum absolute atomic E-state index is 0.122. The molecule has 1 fully saturated rings. The molecule has 1 aromatic carbocycles. The number of piperidine rings is 1. The van der Waals surface area contributed by atoms with Crippen molar-refractivity contribution in [1.29, 1.82) is 0 Å². The van der Waals surface area contributed by atoms with Gasteiger partial charge in [-0.3, -0.25) is 14.7 Å². The number of carbonyl (C=O) groups is 2. The third-order valence-electron chi connectivity index (χ3n) is 5.21. The summed E-state index contributed by atoms with van der Waals surface area (Å²) in [6, 6.07) is 10.2. The number of nitrogens with one attached hydrogen (secondary N) is 2. The second kappa shape index (κ2) is 8.93. The molecule has 2 N–H and O–H groups in total. The zero-order valence-corrected chi connectivity index (χ0v) is 17.5. The number of halogens is 2. The molecule has 0 saturated carbocycles. The third kappa shape index (κ3) is 4.52. The number of amides is 2. The average molecular weight is 447 g/mol. The topological polar surface area (TPSA) is 91.2 Å². The lowest BCUT2D eigenvalue weighted by atomic mass is 9.93. The lowest BCUT2D eigenvalue weighted by Crippen LogP contribution is -2.38. The monoisotopic (exact) mass is 446 g/mol. The highest BCUT2D eigenvalue weighted by molar-refractivity contribution is 6.35. The van der Waals surface area contributed by atoms with Gasteiger partial charge in [0.25, 0.3) is 11.8 Å². The van der Waals surface area contributed by atoms with Crippen molar-refractivity contribution in [2.24, 2.45) is 0 Å². The van der Waals surface area contributed by atoms with Crippen LogP contribution in [0.4, 0.5) is 0 Å². The number of hydrogen-bond acceptors (Lipinski definition) is 4. The summed E-state index contributed by atoms with van der Waals surface area (Å²) in [4.78, 5) is 26.8. The van der Waals surface area contributed by atoms with E-state index in [1.807, 2.05) is 0 Å². The molecule has 9 heteroatoms. The van der Waals surface area contributed by atoms with Gasteiger partial charge >= 0.3 is 0 Å². The number of carbonyl (C=O) groups excluding carboxylic acids is 2. The SMILES string of the molecule is O=C(NCc1ccco1)c1cc(C2CCN(C(=O)c3cc(Cl)ccc3Cl)CC2)[nH]n1. The Kier molecular flexibility index (Phi) is 6.11. The summed E-state index contributed by atoms with van der Waals surface area (Å²) in [7, 11) is 0. The molecule has 2 amide bonds. The summed E-state index contributed by atoms with van der Waals surface area (Å²) in [6.07, 6.45) is 3.09. The van der Waals surface area contributed by atoms with Crippen LogP contribution in [-0.2, 0) is 6.54 Å². The first-order chi connectivity index (χ1) is 14.5. The van der Waals surface area contributed by atoms with Crippen LogP contribution in [0.1, 0.15) is 51.1 Å². The highest BCUT2D eigenvalue weighted by Crippen LogP contribution is 2.29. The van der Waals surface area contributed by atoms with Crippen LogP contribution in [0, 0.1) is 0 Å². The van der Waals surface area contributed by atoms with Gasteiger partial charge in [0.1, 0.15) is 11.5 Å². The smallest absolute Gasteiger partial charge is 0.272 e. The summed E-state index contributed by atoms with van der Waals surface area (Å²) in [5, 5.41) is 10.7. The van der Waals surface area contributed by atoms with Crippen molar-refractivity contribution in [3.63, 3.8) is 0 Å². The van der Waals surface area contributed by atoms with Gasteiger partial charge in [0.05, 0.1) is 23.4 Å². The van der Waals surface area contributed by atoms with E-state index in [-0.39, 0.29) is 17.7 Å². The molecule has 4 rings (SSSR count). The molecule has 0 aliphatic carbocycles. The van der Waals surface area contributed by atoms with Gasteiger partial charge in [0.15, 0.2) is 0 Å². The van der Waals surface area contributed by atoms with E-state index in [0.29, 0.717) is 46.7 Å². The Morgan fingerprint density at radius 3 is 2.73 bits per heavy atom. The van der Waals surface area contributed by atoms with Crippen molar-refractivity contribution in [1.82, 2.24) is 20.4 Å². The van der Waals surface area contributed by atoms with Crippen molar-refractivity contribution >= 4 is 35.0 Å². The van der Waals surface area contributed by atoms with Gasteiger partial charge in [-0.25, -0.2) is 0 Å². The fourth-order valence-corrected chi connectivity index (χ4v) is 3.93. The molecule has 1 aliphatic rings. The summed E-state index contributed by atoms with van der Waals surface area (Å²) < 4.78 is 5.20. The van der Waals surface area contributed by atoms with E-state index in [0.717, 1.165) is 18.5 Å². The molecule has 156 valence electrons. The van der Waals surface area contributed by atoms with Crippen molar-refractivity contribution in [3.8, 4) is 0 Å². The maximum Gasteiger partial charge on any atom is 0.272 e. The number of rotatable bonds is 5. The summed E-state index contributed by atoms with van der Waals surface area (Å²) >= 11 is 12.2. The number of aromatic amines is 1. The zero-order valence-electron chi connectivity index (χ0n) is 16.0. The number of hydrogen-bond donors (Lipinski definition) is 2. The van der Waals surface area contributed by atoms with Crippen LogP contribution in [0.3, 0.4) is 0 Å². The molecule has 7 nitrogen and oxygen atoms in total. The molecule has 1 saturated heterocycles. The lowest BCUT2D eigenvalue weighted by molar-refractivity contribution is 0.0712. The van der Waals surface area contributed by atoms with Crippen LogP contribution in [-0.4, -0.2) is 40.0 Å². The number of benzene rings is 1. The van der Waals surface area contributed by atoms with Crippen molar-refractivity contribution in [3.05, 3.63) is 75.4 Å². The van der Waals surface area contributed by atoms with Gasteiger partial charge < -0.3 is 14.6 Å². The minimum Gasteiger partial charge on any atom is -0.467 e. The molecule has 2 aromatic heterocycles. The Morgan fingerprint density at radius 2 is 2.00 bits per heavy atom. The number of aromatic nitrogens is 2. The standard InChI is InChI=1S/C21H20Cl2N4O3/c22-14-3-4-17(23)16(10-14)21(29)27-7-5-13(6-8-27)18-11-19(26-25-18)20(28)24-12-15-2-1-9-30-15/h1-4,9-11,13H,5-8,12H2,(H,24,28)(H,25,26). The fourth-order valence-electron chi connectivity index (χ4n) is 3.56. The van der Waals surface area contributed by atoms with E-state index in [1.165, 1.54) is 0 Å². The molecule has 0 bridgehead atoms. The highest BCUT2D eigenvalue weighted by atomic mass is 35.5. The van der Waals surface area contributed by atoms with Gasteiger partial charge in [-0.05, 0) is 49.2 Å². The summed E-state index contributed by atoms with van der Waals surface area (Å²) in [5.41, 5.74) is 1.64. The van der Waals surface area contributed by atoms with Crippen LogP contribution in [0.5, 0.6) is 0 Å². The molecule has 1 aliphatic heterocycles.